The van der Waals surface area contributed by atoms with Crippen molar-refractivity contribution < 1.29 is 4.42 Å². The lowest BCUT2D eigenvalue weighted by Gasteiger charge is -2.26. The van der Waals surface area contributed by atoms with E-state index in [-0.39, 0.29) is 0 Å². The summed E-state index contributed by atoms with van der Waals surface area (Å²) in [6.07, 6.45) is 0. The van der Waals surface area contributed by atoms with Crippen molar-refractivity contribution >= 4 is 93.1 Å². The molecule has 0 bridgehead atoms. The third-order valence-electron chi connectivity index (χ3n) is 10.5. The molecule has 0 saturated carbocycles. The van der Waals surface area contributed by atoms with E-state index in [1.165, 1.54) is 48.6 Å². The van der Waals surface area contributed by atoms with E-state index in [0.717, 1.165) is 50.2 Å². The van der Waals surface area contributed by atoms with Crippen molar-refractivity contribution in [2.45, 2.75) is 0 Å². The van der Waals surface area contributed by atoms with Crippen molar-refractivity contribution in [2.75, 3.05) is 4.90 Å². The van der Waals surface area contributed by atoms with Crippen LogP contribution in [0, 0.1) is 0 Å². The standard InChI is InChI=1S/C48H30N2O/c1-2-12-33(13-3-1)50-44-18-8-6-15-39(44)40-28-25-35(30-46(40)50)49(45-19-10-17-42-41-16-7-9-20-47(41)51-48(42)45)34-24-21-32-23-26-37-36-14-5-4-11-31(36)22-27-38(37)43(32)29-34/h1-30H. The molecule has 238 valence electrons. The quantitative estimate of drug-likeness (QED) is 0.177. The first-order valence-electron chi connectivity index (χ1n) is 17.4. The molecule has 0 aliphatic rings. The zero-order valence-electron chi connectivity index (χ0n) is 27.6. The zero-order valence-corrected chi connectivity index (χ0v) is 27.6. The molecule has 2 aromatic heterocycles. The van der Waals surface area contributed by atoms with Crippen LogP contribution in [0.5, 0.6) is 0 Å². The zero-order chi connectivity index (χ0) is 33.5. The molecular formula is C48H30N2O. The van der Waals surface area contributed by atoms with Crippen LogP contribution in [0.1, 0.15) is 0 Å². The number of anilines is 3. The maximum absolute atomic E-state index is 6.70. The molecule has 0 N–H and O–H groups in total. The molecule has 3 heteroatoms. The topological polar surface area (TPSA) is 21.3 Å². The van der Waals surface area contributed by atoms with Crippen LogP contribution in [-0.2, 0) is 0 Å². The minimum atomic E-state index is 0.867. The Bertz CT molecular complexity index is 3150. The van der Waals surface area contributed by atoms with Crippen LogP contribution in [0.15, 0.2) is 186 Å². The molecule has 0 radical (unpaired) electrons. The first kappa shape index (κ1) is 28.0. The molecule has 0 amide bonds. The van der Waals surface area contributed by atoms with Gasteiger partial charge in [0.2, 0.25) is 0 Å². The molecular weight excluding hydrogens is 621 g/mol. The van der Waals surface area contributed by atoms with E-state index in [4.69, 9.17) is 4.42 Å². The predicted molar refractivity (Wildman–Crippen MR) is 215 cm³/mol. The Hall–Kier alpha value is -6.84. The largest absolute Gasteiger partial charge is 0.454 e. The Morgan fingerprint density at radius 3 is 1.86 bits per heavy atom. The van der Waals surface area contributed by atoms with Crippen molar-refractivity contribution in [1.82, 2.24) is 4.57 Å². The number of benzene rings is 9. The number of aromatic nitrogens is 1. The fourth-order valence-electron chi connectivity index (χ4n) is 8.23. The average Bonchev–Trinajstić information content (AvgIpc) is 3.74. The molecule has 11 aromatic rings. The fraction of sp³-hybridized carbons (Fsp3) is 0. The molecule has 11 rings (SSSR count). The molecule has 3 nitrogen and oxygen atoms in total. The molecule has 0 aliphatic heterocycles. The van der Waals surface area contributed by atoms with Gasteiger partial charge in [0, 0.05) is 38.6 Å². The van der Waals surface area contributed by atoms with Crippen LogP contribution in [0.3, 0.4) is 0 Å². The summed E-state index contributed by atoms with van der Waals surface area (Å²) >= 11 is 0. The van der Waals surface area contributed by atoms with E-state index in [9.17, 15) is 0 Å². The average molecular weight is 651 g/mol. The van der Waals surface area contributed by atoms with Crippen LogP contribution in [-0.4, -0.2) is 4.57 Å². The van der Waals surface area contributed by atoms with Gasteiger partial charge in [0.15, 0.2) is 5.58 Å². The third-order valence-corrected chi connectivity index (χ3v) is 10.5. The van der Waals surface area contributed by atoms with E-state index in [1.807, 2.05) is 6.07 Å². The molecule has 0 atom stereocenters. The van der Waals surface area contributed by atoms with Crippen molar-refractivity contribution in [3.8, 4) is 5.69 Å². The van der Waals surface area contributed by atoms with Gasteiger partial charge in [-0.2, -0.15) is 0 Å². The van der Waals surface area contributed by atoms with E-state index < -0.39 is 0 Å². The lowest BCUT2D eigenvalue weighted by Crippen LogP contribution is -2.10. The Morgan fingerprint density at radius 2 is 0.980 bits per heavy atom. The first-order chi connectivity index (χ1) is 25.3. The maximum Gasteiger partial charge on any atom is 0.159 e. The second-order valence-electron chi connectivity index (χ2n) is 13.3. The molecule has 0 fully saturated rings. The van der Waals surface area contributed by atoms with Gasteiger partial charge in [-0.15, -0.1) is 0 Å². The Balaban J connectivity index is 1.22. The van der Waals surface area contributed by atoms with Gasteiger partial charge >= 0.3 is 0 Å². The molecule has 51 heavy (non-hydrogen) atoms. The minimum Gasteiger partial charge on any atom is -0.454 e. The fourth-order valence-corrected chi connectivity index (χ4v) is 8.23. The monoisotopic (exact) mass is 650 g/mol. The number of para-hydroxylation sites is 4. The van der Waals surface area contributed by atoms with Gasteiger partial charge in [-0.25, -0.2) is 0 Å². The highest BCUT2D eigenvalue weighted by Gasteiger charge is 2.22. The van der Waals surface area contributed by atoms with Crippen molar-refractivity contribution in [1.29, 1.82) is 0 Å². The van der Waals surface area contributed by atoms with Crippen molar-refractivity contribution in [3.63, 3.8) is 0 Å². The van der Waals surface area contributed by atoms with E-state index in [2.05, 4.69) is 185 Å². The Morgan fingerprint density at radius 1 is 0.373 bits per heavy atom. The van der Waals surface area contributed by atoms with Crippen LogP contribution in [0.4, 0.5) is 17.1 Å². The smallest absolute Gasteiger partial charge is 0.159 e. The highest BCUT2D eigenvalue weighted by molar-refractivity contribution is 6.18. The van der Waals surface area contributed by atoms with E-state index >= 15 is 0 Å². The van der Waals surface area contributed by atoms with E-state index in [0.29, 0.717) is 0 Å². The van der Waals surface area contributed by atoms with Gasteiger partial charge in [-0.1, -0.05) is 127 Å². The molecule has 0 spiro atoms. The first-order valence-corrected chi connectivity index (χ1v) is 17.4. The highest BCUT2D eigenvalue weighted by atomic mass is 16.3. The van der Waals surface area contributed by atoms with Gasteiger partial charge in [-0.05, 0) is 86.9 Å². The number of hydrogen-bond acceptors (Lipinski definition) is 2. The van der Waals surface area contributed by atoms with Crippen LogP contribution >= 0.6 is 0 Å². The number of nitrogens with zero attached hydrogens (tertiary/aromatic N) is 2. The highest BCUT2D eigenvalue weighted by Crippen LogP contribution is 2.45. The van der Waals surface area contributed by atoms with Crippen molar-refractivity contribution in [2.24, 2.45) is 0 Å². The summed E-state index contributed by atoms with van der Waals surface area (Å²) in [7, 11) is 0. The number of furan rings is 1. The normalized spacial score (nSPS) is 11.9. The summed E-state index contributed by atoms with van der Waals surface area (Å²) in [4.78, 5) is 2.37. The predicted octanol–water partition coefficient (Wildman–Crippen LogP) is 13.6. The second kappa shape index (κ2) is 10.8. The van der Waals surface area contributed by atoms with Gasteiger partial charge in [0.1, 0.15) is 5.58 Å². The molecule has 9 aromatic carbocycles. The summed E-state index contributed by atoms with van der Waals surface area (Å²) in [6.45, 7) is 0. The van der Waals surface area contributed by atoms with Crippen molar-refractivity contribution in [3.05, 3.63) is 182 Å². The van der Waals surface area contributed by atoms with Crippen LogP contribution in [0.25, 0.3) is 81.7 Å². The summed E-state index contributed by atoms with van der Waals surface area (Å²) in [5.41, 5.74) is 8.35. The SMILES string of the molecule is c1ccc(-n2c3ccccc3c3ccc(N(c4ccc5ccc6c7ccccc7ccc6c5c4)c4cccc5c4oc4ccccc45)cc32)cc1. The van der Waals surface area contributed by atoms with Crippen LogP contribution < -0.4 is 4.90 Å². The van der Waals surface area contributed by atoms with Crippen LogP contribution in [0.2, 0.25) is 0 Å². The van der Waals surface area contributed by atoms with Gasteiger partial charge < -0.3 is 13.9 Å². The number of fused-ring (bicyclic) bond motifs is 11. The van der Waals surface area contributed by atoms with Gasteiger partial charge in [0.05, 0.1) is 16.7 Å². The lowest BCUT2D eigenvalue weighted by molar-refractivity contribution is 0.669. The lowest BCUT2D eigenvalue weighted by atomic mass is 9.96. The van der Waals surface area contributed by atoms with Gasteiger partial charge in [-0.3, -0.25) is 0 Å². The number of rotatable bonds is 4. The van der Waals surface area contributed by atoms with E-state index in [1.54, 1.807) is 0 Å². The summed E-state index contributed by atoms with van der Waals surface area (Å²) in [6, 6.07) is 65.6. The molecule has 2 heterocycles. The third kappa shape index (κ3) is 4.19. The summed E-state index contributed by atoms with van der Waals surface area (Å²) in [5, 5.41) is 12.1. The van der Waals surface area contributed by atoms with Gasteiger partial charge in [0.25, 0.3) is 0 Å². The molecule has 0 aliphatic carbocycles. The second-order valence-corrected chi connectivity index (χ2v) is 13.3. The molecule has 0 saturated heterocycles. The minimum absolute atomic E-state index is 0.867. The Labute approximate surface area is 293 Å². The number of hydrogen-bond donors (Lipinski definition) is 0. The summed E-state index contributed by atoms with van der Waals surface area (Å²) in [5.74, 6) is 0. The Kier molecular flexibility index (Phi) is 5.96. The summed E-state index contributed by atoms with van der Waals surface area (Å²) < 4.78 is 9.08. The molecule has 0 unspecified atom stereocenters. The maximum atomic E-state index is 6.70.